The summed E-state index contributed by atoms with van der Waals surface area (Å²) in [6.45, 7) is 0.500. The van der Waals surface area contributed by atoms with Gasteiger partial charge in [0, 0.05) is 42.9 Å². The van der Waals surface area contributed by atoms with E-state index in [2.05, 4.69) is 10.1 Å². The van der Waals surface area contributed by atoms with Gasteiger partial charge in [0.2, 0.25) is 11.7 Å². The number of nitrogens with zero attached hydrogens (tertiary/aromatic N) is 1. The molecule has 0 saturated heterocycles. The van der Waals surface area contributed by atoms with Gasteiger partial charge in [0.15, 0.2) is 11.5 Å². The Kier molecular flexibility index (Phi) is 8.38. The topological polar surface area (TPSA) is 69.3 Å². The Morgan fingerprint density at radius 3 is 2.16 bits per heavy atom. The minimum absolute atomic E-state index is 0.120. The first kappa shape index (κ1) is 24.1. The summed E-state index contributed by atoms with van der Waals surface area (Å²) in [5.74, 6) is 0.665. The van der Waals surface area contributed by atoms with E-state index in [4.69, 9.17) is 14.2 Å². The molecule has 0 aliphatic heterocycles. The second-order valence-electron chi connectivity index (χ2n) is 6.61. The fourth-order valence-electron chi connectivity index (χ4n) is 2.90. The zero-order chi connectivity index (χ0) is 23.0. The van der Waals surface area contributed by atoms with E-state index in [-0.39, 0.29) is 24.6 Å². The number of benzene rings is 2. The van der Waals surface area contributed by atoms with Gasteiger partial charge in [0.1, 0.15) is 5.75 Å². The van der Waals surface area contributed by atoms with Crippen LogP contribution in [0.5, 0.6) is 23.0 Å². The summed E-state index contributed by atoms with van der Waals surface area (Å²) in [5, 5.41) is 2.75. The standard InChI is InChI=1S/C21H25F3N2O5/c1-26(13-14-7-5-6-8-16(14)31-21(22,23)24)10-9-19(27)25-15-11-17(28-2)20(30-4)18(12-15)29-3/h5-8,11-12H,9-10,13H2,1-4H3,(H,25,27). The number of nitrogens with one attached hydrogen (secondary N) is 1. The largest absolute Gasteiger partial charge is 0.573 e. The van der Waals surface area contributed by atoms with Gasteiger partial charge in [-0.25, -0.2) is 0 Å². The van der Waals surface area contributed by atoms with Gasteiger partial charge < -0.3 is 29.2 Å². The Labute approximate surface area is 178 Å². The third-order valence-corrected chi connectivity index (χ3v) is 4.31. The maximum absolute atomic E-state index is 12.6. The molecule has 0 fully saturated rings. The van der Waals surface area contributed by atoms with Crippen molar-refractivity contribution in [2.45, 2.75) is 19.3 Å². The van der Waals surface area contributed by atoms with E-state index in [1.54, 1.807) is 36.2 Å². The lowest BCUT2D eigenvalue weighted by molar-refractivity contribution is -0.275. The van der Waals surface area contributed by atoms with Crippen LogP contribution in [-0.4, -0.2) is 52.1 Å². The number of hydrogen-bond acceptors (Lipinski definition) is 6. The Bertz CT molecular complexity index is 865. The zero-order valence-electron chi connectivity index (χ0n) is 17.7. The molecule has 0 saturated carbocycles. The number of anilines is 1. The van der Waals surface area contributed by atoms with Crippen LogP contribution in [0.15, 0.2) is 36.4 Å². The highest BCUT2D eigenvalue weighted by molar-refractivity contribution is 5.91. The van der Waals surface area contributed by atoms with E-state index in [1.165, 1.54) is 33.5 Å². The SMILES string of the molecule is COc1cc(NC(=O)CCN(C)Cc2ccccc2OC(F)(F)F)cc(OC)c1OC. The van der Waals surface area contributed by atoms with Crippen molar-refractivity contribution in [3.8, 4) is 23.0 Å². The number of alkyl halides is 3. The van der Waals surface area contributed by atoms with E-state index >= 15 is 0 Å². The zero-order valence-corrected chi connectivity index (χ0v) is 17.7. The summed E-state index contributed by atoms with van der Waals surface area (Å²) in [4.78, 5) is 14.1. The van der Waals surface area contributed by atoms with Gasteiger partial charge in [0.25, 0.3) is 0 Å². The molecular formula is C21H25F3N2O5. The molecule has 0 radical (unpaired) electrons. The van der Waals surface area contributed by atoms with Crippen LogP contribution in [0.2, 0.25) is 0 Å². The van der Waals surface area contributed by atoms with Crippen molar-refractivity contribution in [2.24, 2.45) is 0 Å². The van der Waals surface area contributed by atoms with E-state index in [9.17, 15) is 18.0 Å². The van der Waals surface area contributed by atoms with Crippen LogP contribution >= 0.6 is 0 Å². The van der Waals surface area contributed by atoms with Crippen LogP contribution in [0, 0.1) is 0 Å². The molecule has 10 heteroatoms. The molecule has 0 atom stereocenters. The number of carbonyl (C=O) groups excluding carboxylic acids is 1. The molecular weight excluding hydrogens is 417 g/mol. The molecule has 0 aliphatic rings. The lowest BCUT2D eigenvalue weighted by atomic mass is 10.2. The maximum Gasteiger partial charge on any atom is 0.573 e. The predicted molar refractivity (Wildman–Crippen MR) is 109 cm³/mol. The summed E-state index contributed by atoms with van der Waals surface area (Å²) in [6, 6.07) is 9.11. The average Bonchev–Trinajstić information content (AvgIpc) is 2.71. The summed E-state index contributed by atoms with van der Waals surface area (Å²) in [7, 11) is 6.12. The number of halogens is 3. The fraction of sp³-hybridized carbons (Fsp3) is 0.381. The number of amides is 1. The first-order chi connectivity index (χ1) is 14.7. The second-order valence-corrected chi connectivity index (χ2v) is 6.61. The molecule has 0 unspecified atom stereocenters. The van der Waals surface area contributed by atoms with Crippen molar-refractivity contribution in [1.82, 2.24) is 4.90 Å². The molecule has 0 aliphatic carbocycles. The maximum atomic E-state index is 12.6. The summed E-state index contributed by atoms with van der Waals surface area (Å²) >= 11 is 0. The first-order valence-corrected chi connectivity index (χ1v) is 9.29. The highest BCUT2D eigenvalue weighted by Crippen LogP contribution is 2.40. The lowest BCUT2D eigenvalue weighted by Crippen LogP contribution is -2.25. The molecule has 0 bridgehead atoms. The number of carbonyl (C=O) groups is 1. The van der Waals surface area contributed by atoms with E-state index in [0.717, 1.165) is 0 Å². The Hall–Kier alpha value is -3.14. The average molecular weight is 442 g/mol. The molecule has 2 aromatic carbocycles. The van der Waals surface area contributed by atoms with Gasteiger partial charge in [-0.3, -0.25) is 4.79 Å². The normalized spacial score (nSPS) is 11.2. The van der Waals surface area contributed by atoms with Gasteiger partial charge in [-0.05, 0) is 13.1 Å². The van der Waals surface area contributed by atoms with Crippen molar-refractivity contribution in [3.63, 3.8) is 0 Å². The predicted octanol–water partition coefficient (Wildman–Crippen LogP) is 4.07. The Morgan fingerprint density at radius 2 is 1.61 bits per heavy atom. The van der Waals surface area contributed by atoms with Gasteiger partial charge >= 0.3 is 6.36 Å². The fourth-order valence-corrected chi connectivity index (χ4v) is 2.90. The highest BCUT2D eigenvalue weighted by atomic mass is 19.4. The minimum Gasteiger partial charge on any atom is -0.493 e. The number of methoxy groups -OCH3 is 3. The minimum atomic E-state index is -4.77. The van der Waals surface area contributed by atoms with Crippen LogP contribution in [0.25, 0.3) is 0 Å². The number of para-hydroxylation sites is 1. The van der Waals surface area contributed by atoms with Crippen molar-refractivity contribution in [3.05, 3.63) is 42.0 Å². The van der Waals surface area contributed by atoms with Crippen LogP contribution in [0.4, 0.5) is 18.9 Å². The van der Waals surface area contributed by atoms with Gasteiger partial charge in [-0.15, -0.1) is 13.2 Å². The molecule has 31 heavy (non-hydrogen) atoms. The quantitative estimate of drug-likeness (QED) is 0.598. The monoisotopic (exact) mass is 442 g/mol. The van der Waals surface area contributed by atoms with Crippen LogP contribution < -0.4 is 24.3 Å². The molecule has 1 amide bonds. The van der Waals surface area contributed by atoms with Gasteiger partial charge in [-0.1, -0.05) is 18.2 Å². The van der Waals surface area contributed by atoms with E-state index in [0.29, 0.717) is 35.0 Å². The van der Waals surface area contributed by atoms with Crippen molar-refractivity contribution < 1.29 is 36.9 Å². The molecule has 1 N–H and O–H groups in total. The van der Waals surface area contributed by atoms with Crippen molar-refractivity contribution >= 4 is 11.6 Å². The second kappa shape index (κ2) is 10.8. The summed E-state index contributed by atoms with van der Waals surface area (Å²) < 4.78 is 57.5. The van der Waals surface area contributed by atoms with Crippen molar-refractivity contribution in [2.75, 3.05) is 40.2 Å². The third-order valence-electron chi connectivity index (χ3n) is 4.31. The molecule has 0 aromatic heterocycles. The number of rotatable bonds is 10. The molecule has 2 rings (SSSR count). The highest BCUT2D eigenvalue weighted by Gasteiger charge is 2.32. The Morgan fingerprint density at radius 1 is 1.00 bits per heavy atom. The molecule has 2 aromatic rings. The third kappa shape index (κ3) is 7.25. The van der Waals surface area contributed by atoms with Gasteiger partial charge in [0.05, 0.1) is 21.3 Å². The lowest BCUT2D eigenvalue weighted by Gasteiger charge is -2.19. The summed E-state index contributed by atoms with van der Waals surface area (Å²) in [5.41, 5.74) is 0.832. The number of hydrogen-bond donors (Lipinski definition) is 1. The first-order valence-electron chi connectivity index (χ1n) is 9.29. The number of ether oxygens (including phenoxy) is 4. The Balaban J connectivity index is 1.97. The van der Waals surface area contributed by atoms with Crippen molar-refractivity contribution in [1.29, 1.82) is 0 Å². The molecule has 0 spiro atoms. The van der Waals surface area contributed by atoms with E-state index in [1.807, 2.05) is 0 Å². The van der Waals surface area contributed by atoms with Crippen LogP contribution in [0.1, 0.15) is 12.0 Å². The van der Waals surface area contributed by atoms with Crippen LogP contribution in [-0.2, 0) is 11.3 Å². The molecule has 7 nitrogen and oxygen atoms in total. The van der Waals surface area contributed by atoms with Gasteiger partial charge in [-0.2, -0.15) is 0 Å². The van der Waals surface area contributed by atoms with Crippen LogP contribution in [0.3, 0.4) is 0 Å². The smallest absolute Gasteiger partial charge is 0.493 e. The molecule has 170 valence electrons. The van der Waals surface area contributed by atoms with E-state index < -0.39 is 6.36 Å². The summed E-state index contributed by atoms with van der Waals surface area (Å²) in [6.07, 6.45) is -4.65. The molecule has 0 heterocycles.